The van der Waals surface area contributed by atoms with Gasteiger partial charge in [0, 0.05) is 12.8 Å². The standard InChI is InChI=1S/C8H9ClFNO2S/c1-14(12,13)8-4-7(10)3-2-6(8)5-11-9/h2-4,11H,5H2,1H3. The maximum atomic E-state index is 12.8. The third kappa shape index (κ3) is 2.67. The topological polar surface area (TPSA) is 46.2 Å². The van der Waals surface area contributed by atoms with Gasteiger partial charge in [-0.2, -0.15) is 0 Å². The van der Waals surface area contributed by atoms with E-state index in [0.717, 1.165) is 12.3 Å². The fourth-order valence-corrected chi connectivity index (χ4v) is 2.18. The Morgan fingerprint density at radius 2 is 2.14 bits per heavy atom. The van der Waals surface area contributed by atoms with E-state index >= 15 is 0 Å². The number of nitrogens with one attached hydrogen (secondary N) is 1. The van der Waals surface area contributed by atoms with E-state index in [1.165, 1.54) is 12.1 Å². The van der Waals surface area contributed by atoms with Gasteiger partial charge in [-0.15, -0.1) is 0 Å². The van der Waals surface area contributed by atoms with E-state index in [0.29, 0.717) is 5.56 Å². The summed E-state index contributed by atoms with van der Waals surface area (Å²) in [6.45, 7) is 0.171. The highest BCUT2D eigenvalue weighted by atomic mass is 35.5. The molecule has 0 saturated carbocycles. The lowest BCUT2D eigenvalue weighted by molar-refractivity contribution is 0.593. The van der Waals surface area contributed by atoms with Crippen LogP contribution in [0.2, 0.25) is 0 Å². The summed E-state index contributed by atoms with van der Waals surface area (Å²) in [7, 11) is -3.42. The molecule has 0 radical (unpaired) electrons. The van der Waals surface area contributed by atoms with Crippen LogP contribution in [-0.2, 0) is 16.4 Å². The van der Waals surface area contributed by atoms with Gasteiger partial charge in [-0.1, -0.05) is 6.07 Å². The summed E-state index contributed by atoms with van der Waals surface area (Å²) in [5, 5.41) is 0. The van der Waals surface area contributed by atoms with Crippen LogP contribution in [-0.4, -0.2) is 14.7 Å². The minimum Gasteiger partial charge on any atom is -0.229 e. The summed E-state index contributed by atoms with van der Waals surface area (Å²) < 4.78 is 35.3. The van der Waals surface area contributed by atoms with E-state index in [1.807, 2.05) is 0 Å². The van der Waals surface area contributed by atoms with Gasteiger partial charge in [0.25, 0.3) is 0 Å². The lowest BCUT2D eigenvalue weighted by Gasteiger charge is -2.06. The largest absolute Gasteiger partial charge is 0.229 e. The van der Waals surface area contributed by atoms with Gasteiger partial charge in [-0.25, -0.2) is 17.6 Å². The first-order valence-corrected chi connectivity index (χ1v) is 6.04. The first kappa shape index (κ1) is 11.4. The van der Waals surface area contributed by atoms with Gasteiger partial charge in [-0.3, -0.25) is 0 Å². The number of sulfone groups is 1. The van der Waals surface area contributed by atoms with Gasteiger partial charge in [0.15, 0.2) is 9.84 Å². The molecule has 1 aromatic carbocycles. The maximum absolute atomic E-state index is 12.8. The third-order valence-corrected chi connectivity index (χ3v) is 3.00. The molecule has 1 rings (SSSR count). The molecule has 0 fully saturated rings. The summed E-state index contributed by atoms with van der Waals surface area (Å²) in [5.41, 5.74) is 0.448. The molecule has 0 bridgehead atoms. The Hall–Kier alpha value is -0.650. The molecule has 0 heterocycles. The Balaban J connectivity index is 3.30. The predicted octanol–water partition coefficient (Wildman–Crippen LogP) is 1.47. The second kappa shape index (κ2) is 4.25. The molecule has 0 atom stereocenters. The molecule has 0 aliphatic heterocycles. The van der Waals surface area contributed by atoms with Gasteiger partial charge < -0.3 is 0 Å². The van der Waals surface area contributed by atoms with Crippen LogP contribution in [0.15, 0.2) is 23.1 Å². The quantitative estimate of drug-likeness (QED) is 0.810. The molecule has 3 nitrogen and oxygen atoms in total. The van der Waals surface area contributed by atoms with Crippen LogP contribution in [0.1, 0.15) is 5.56 Å². The van der Waals surface area contributed by atoms with Crippen molar-refractivity contribution < 1.29 is 12.8 Å². The molecule has 0 aliphatic rings. The fourth-order valence-electron chi connectivity index (χ4n) is 1.09. The lowest BCUT2D eigenvalue weighted by atomic mass is 10.2. The molecular formula is C8H9ClFNO2S. The molecule has 0 spiro atoms. The molecule has 1 aromatic rings. The van der Waals surface area contributed by atoms with Crippen LogP contribution in [0.25, 0.3) is 0 Å². The summed E-state index contributed by atoms with van der Waals surface area (Å²) in [5.74, 6) is -0.580. The summed E-state index contributed by atoms with van der Waals surface area (Å²) in [6.07, 6.45) is 1.03. The van der Waals surface area contributed by atoms with Crippen molar-refractivity contribution in [2.45, 2.75) is 11.4 Å². The van der Waals surface area contributed by atoms with Crippen LogP contribution in [0.3, 0.4) is 0 Å². The Morgan fingerprint density at radius 3 is 2.64 bits per heavy atom. The zero-order valence-corrected chi connectivity index (χ0v) is 8.99. The Kier molecular flexibility index (Phi) is 3.47. The highest BCUT2D eigenvalue weighted by Crippen LogP contribution is 2.17. The van der Waals surface area contributed by atoms with Crippen molar-refractivity contribution in [1.82, 2.24) is 4.84 Å². The van der Waals surface area contributed by atoms with E-state index in [4.69, 9.17) is 11.8 Å². The van der Waals surface area contributed by atoms with Gasteiger partial charge in [0.05, 0.1) is 4.90 Å². The monoisotopic (exact) mass is 237 g/mol. The van der Waals surface area contributed by atoms with Crippen LogP contribution in [0, 0.1) is 5.82 Å². The minimum atomic E-state index is -3.42. The van der Waals surface area contributed by atoms with Crippen LogP contribution < -0.4 is 4.84 Å². The van der Waals surface area contributed by atoms with Crippen molar-refractivity contribution in [2.24, 2.45) is 0 Å². The molecule has 0 aromatic heterocycles. The Morgan fingerprint density at radius 1 is 1.50 bits per heavy atom. The van der Waals surface area contributed by atoms with E-state index in [2.05, 4.69) is 4.84 Å². The smallest absolute Gasteiger partial charge is 0.175 e. The number of rotatable bonds is 3. The highest BCUT2D eigenvalue weighted by Gasteiger charge is 2.13. The summed E-state index contributed by atoms with van der Waals surface area (Å²) in [4.78, 5) is 2.26. The van der Waals surface area contributed by atoms with E-state index in [-0.39, 0.29) is 11.4 Å². The van der Waals surface area contributed by atoms with E-state index in [1.54, 1.807) is 0 Å². The van der Waals surface area contributed by atoms with E-state index < -0.39 is 15.7 Å². The van der Waals surface area contributed by atoms with Crippen molar-refractivity contribution >= 4 is 21.6 Å². The second-order valence-corrected chi connectivity index (χ2v) is 5.09. The average molecular weight is 238 g/mol. The Bertz CT molecular complexity index is 433. The molecule has 6 heteroatoms. The third-order valence-electron chi connectivity index (χ3n) is 1.69. The first-order valence-electron chi connectivity index (χ1n) is 3.77. The van der Waals surface area contributed by atoms with Crippen LogP contribution >= 0.6 is 11.8 Å². The normalized spacial score (nSPS) is 11.6. The minimum absolute atomic E-state index is 0.0364. The molecule has 1 N–H and O–H groups in total. The second-order valence-electron chi connectivity index (χ2n) is 2.83. The lowest BCUT2D eigenvalue weighted by Crippen LogP contribution is -2.07. The predicted molar refractivity (Wildman–Crippen MR) is 52.2 cm³/mol. The summed E-state index contributed by atoms with van der Waals surface area (Å²) in [6, 6.07) is 3.57. The van der Waals surface area contributed by atoms with Crippen molar-refractivity contribution in [3.63, 3.8) is 0 Å². The molecule has 0 aliphatic carbocycles. The van der Waals surface area contributed by atoms with Crippen molar-refractivity contribution in [1.29, 1.82) is 0 Å². The van der Waals surface area contributed by atoms with Crippen LogP contribution in [0.4, 0.5) is 4.39 Å². The number of halogens is 2. The average Bonchev–Trinajstić information content (AvgIpc) is 2.07. The SMILES string of the molecule is CS(=O)(=O)c1cc(F)ccc1CNCl. The highest BCUT2D eigenvalue weighted by molar-refractivity contribution is 7.90. The van der Waals surface area contributed by atoms with Gasteiger partial charge >= 0.3 is 0 Å². The fraction of sp³-hybridized carbons (Fsp3) is 0.250. The number of benzene rings is 1. The van der Waals surface area contributed by atoms with Crippen molar-refractivity contribution in [3.05, 3.63) is 29.6 Å². The van der Waals surface area contributed by atoms with Gasteiger partial charge in [0.1, 0.15) is 5.82 Å². The van der Waals surface area contributed by atoms with Crippen molar-refractivity contribution in [3.8, 4) is 0 Å². The zero-order valence-electron chi connectivity index (χ0n) is 7.42. The molecular weight excluding hydrogens is 229 g/mol. The maximum Gasteiger partial charge on any atom is 0.175 e. The molecule has 0 amide bonds. The number of hydrogen-bond donors (Lipinski definition) is 1. The molecule has 0 saturated heterocycles. The summed E-state index contributed by atoms with van der Waals surface area (Å²) >= 11 is 5.26. The Labute approximate surface area is 86.9 Å². The molecule has 14 heavy (non-hydrogen) atoms. The van der Waals surface area contributed by atoms with Crippen molar-refractivity contribution in [2.75, 3.05) is 6.26 Å². The van der Waals surface area contributed by atoms with Gasteiger partial charge in [0.2, 0.25) is 0 Å². The first-order chi connectivity index (χ1) is 6.45. The van der Waals surface area contributed by atoms with E-state index in [9.17, 15) is 12.8 Å². The zero-order chi connectivity index (χ0) is 10.8. The van der Waals surface area contributed by atoms with Crippen LogP contribution in [0.5, 0.6) is 0 Å². The number of hydrogen-bond acceptors (Lipinski definition) is 3. The molecule has 78 valence electrons. The molecule has 0 unspecified atom stereocenters. The van der Waals surface area contributed by atoms with Gasteiger partial charge in [-0.05, 0) is 29.5 Å².